The molecule has 0 spiro atoms. The number of rotatable bonds is 17. The molecule has 0 bridgehead atoms. The lowest BCUT2D eigenvalue weighted by molar-refractivity contribution is -0.142. The van der Waals surface area contributed by atoms with Crippen molar-refractivity contribution in [3.63, 3.8) is 0 Å². The van der Waals surface area contributed by atoms with Crippen molar-refractivity contribution >= 4 is 53.5 Å². The zero-order valence-corrected chi connectivity index (χ0v) is 23.3. The third-order valence-electron chi connectivity index (χ3n) is 5.86. The molecule has 1 heterocycles. The van der Waals surface area contributed by atoms with Crippen LogP contribution >= 0.6 is 11.8 Å². The molecule has 10 N–H and O–H groups in total. The van der Waals surface area contributed by atoms with E-state index in [1.165, 1.54) is 23.6 Å². The van der Waals surface area contributed by atoms with Crippen LogP contribution in [0.1, 0.15) is 39.0 Å². The Morgan fingerprint density at radius 1 is 1.08 bits per heavy atom. The van der Waals surface area contributed by atoms with Gasteiger partial charge in [-0.2, -0.15) is 11.8 Å². The molecule has 0 aliphatic carbocycles. The summed E-state index contributed by atoms with van der Waals surface area (Å²) in [6.45, 7) is 1.35. The minimum atomic E-state index is -1.04. The minimum absolute atomic E-state index is 0.112. The highest BCUT2D eigenvalue weighted by molar-refractivity contribution is 7.98. The first kappa shape index (κ1) is 33.6. The number of likely N-dealkylation sites (tertiary alicyclic amines) is 1. The first-order valence-corrected chi connectivity index (χ1v) is 14.1. The van der Waals surface area contributed by atoms with Gasteiger partial charge in [0.05, 0.1) is 19.1 Å². The van der Waals surface area contributed by atoms with E-state index in [-0.39, 0.29) is 25.5 Å². The van der Waals surface area contributed by atoms with Crippen LogP contribution in [0.15, 0.2) is 4.99 Å². The van der Waals surface area contributed by atoms with Crippen LogP contribution in [0.25, 0.3) is 0 Å². The molecule has 1 fully saturated rings. The van der Waals surface area contributed by atoms with Gasteiger partial charge in [-0.25, -0.2) is 0 Å². The van der Waals surface area contributed by atoms with E-state index in [2.05, 4.69) is 26.3 Å². The average Bonchev–Trinajstić information content (AvgIpc) is 3.40. The van der Waals surface area contributed by atoms with E-state index in [0.29, 0.717) is 44.3 Å². The van der Waals surface area contributed by atoms with Crippen LogP contribution in [0.4, 0.5) is 0 Å². The number of carbonyl (C=O) groups is 6. The molecule has 0 aromatic carbocycles. The fourth-order valence-electron chi connectivity index (χ4n) is 3.92. The molecule has 16 heteroatoms. The number of amides is 5. The maximum Gasteiger partial charge on any atom is 0.245 e. The second-order valence-electron chi connectivity index (χ2n) is 9.02. The number of nitrogens with one attached hydrogen (secondary N) is 4. The lowest BCUT2D eigenvalue weighted by Crippen LogP contribution is -2.57. The molecule has 0 aromatic heterocycles. The molecule has 4 atom stereocenters. The number of hydrogen-bond acceptors (Lipinski definition) is 9. The first-order valence-electron chi connectivity index (χ1n) is 12.7. The van der Waals surface area contributed by atoms with E-state index in [1.807, 2.05) is 6.26 Å². The van der Waals surface area contributed by atoms with Gasteiger partial charge in [-0.3, -0.25) is 29.0 Å². The molecule has 5 amide bonds. The summed E-state index contributed by atoms with van der Waals surface area (Å²) in [5.41, 5.74) is 16.1. The quantitative estimate of drug-likeness (QED) is 0.0393. The van der Waals surface area contributed by atoms with E-state index >= 15 is 0 Å². The maximum absolute atomic E-state index is 13.3. The molecule has 0 radical (unpaired) electrons. The molecular formula is C23H41N9O6S. The molecule has 0 unspecified atom stereocenters. The van der Waals surface area contributed by atoms with Gasteiger partial charge in [-0.1, -0.05) is 0 Å². The number of aldehydes is 1. The average molecular weight is 572 g/mol. The topological polar surface area (TPSA) is 244 Å². The zero-order valence-electron chi connectivity index (χ0n) is 22.4. The number of hydrogen-bond donors (Lipinski definition) is 7. The second-order valence-corrected chi connectivity index (χ2v) is 10.0. The van der Waals surface area contributed by atoms with Crippen molar-refractivity contribution in [1.29, 1.82) is 0 Å². The van der Waals surface area contributed by atoms with Gasteiger partial charge in [0.25, 0.3) is 0 Å². The summed E-state index contributed by atoms with van der Waals surface area (Å²) >= 11 is 1.52. The van der Waals surface area contributed by atoms with Gasteiger partial charge in [0, 0.05) is 13.1 Å². The monoisotopic (exact) mass is 571 g/mol. The van der Waals surface area contributed by atoms with E-state index in [1.54, 1.807) is 0 Å². The smallest absolute Gasteiger partial charge is 0.245 e. The van der Waals surface area contributed by atoms with Gasteiger partial charge in [-0.05, 0) is 51.0 Å². The predicted octanol–water partition coefficient (Wildman–Crippen LogP) is -3.47. The van der Waals surface area contributed by atoms with Crippen LogP contribution in [-0.2, 0) is 28.8 Å². The van der Waals surface area contributed by atoms with Gasteiger partial charge in [0.1, 0.15) is 24.4 Å². The standard InChI is InChI=1S/C23H41N9O6S/c1-14(13-33)29-19(35)12-28-20(36)15(5-3-8-27-23(25)26)31-21(37)17-6-4-9-32(17)22(38)16(7-10-39-2)30-18(34)11-24/h13-17H,3-12,24H2,1-2H3,(H,28,36)(H,29,35)(H,30,34)(H,31,37)(H4,25,26,27)/t14-,15-,16-,17-/m0/s1. The molecule has 220 valence electrons. The van der Waals surface area contributed by atoms with Crippen LogP contribution in [0, 0.1) is 0 Å². The number of thioether (sulfide) groups is 1. The van der Waals surface area contributed by atoms with Crippen molar-refractivity contribution in [2.75, 3.05) is 38.2 Å². The van der Waals surface area contributed by atoms with Crippen molar-refractivity contribution in [2.45, 2.75) is 63.2 Å². The molecule has 0 aromatic rings. The number of nitrogens with two attached hydrogens (primary N) is 3. The molecule has 1 aliphatic rings. The molecule has 1 saturated heterocycles. The minimum Gasteiger partial charge on any atom is -0.370 e. The summed E-state index contributed by atoms with van der Waals surface area (Å²) in [6.07, 6.45) is 4.26. The first-order chi connectivity index (χ1) is 18.5. The molecule has 39 heavy (non-hydrogen) atoms. The summed E-state index contributed by atoms with van der Waals surface area (Å²) in [6, 6.07) is -3.42. The van der Waals surface area contributed by atoms with Crippen LogP contribution in [0.2, 0.25) is 0 Å². The van der Waals surface area contributed by atoms with Crippen LogP contribution in [0.3, 0.4) is 0 Å². The van der Waals surface area contributed by atoms with Crippen molar-refractivity contribution in [2.24, 2.45) is 22.2 Å². The van der Waals surface area contributed by atoms with Crippen LogP contribution in [0.5, 0.6) is 0 Å². The molecule has 0 saturated carbocycles. The predicted molar refractivity (Wildman–Crippen MR) is 147 cm³/mol. The number of carbonyl (C=O) groups excluding carboxylic acids is 6. The summed E-state index contributed by atoms with van der Waals surface area (Å²) in [5.74, 6) is -2.09. The molecule has 1 aliphatic heterocycles. The molecule has 15 nitrogen and oxygen atoms in total. The number of nitrogens with zero attached hydrogens (tertiary/aromatic N) is 2. The Morgan fingerprint density at radius 3 is 2.41 bits per heavy atom. The van der Waals surface area contributed by atoms with Gasteiger partial charge in [0.2, 0.25) is 29.5 Å². The van der Waals surface area contributed by atoms with Crippen molar-refractivity contribution < 1.29 is 28.8 Å². The zero-order chi connectivity index (χ0) is 29.4. The lowest BCUT2D eigenvalue weighted by atomic mass is 10.1. The van der Waals surface area contributed by atoms with E-state index in [0.717, 1.165) is 0 Å². The normalized spacial score (nSPS) is 16.8. The van der Waals surface area contributed by atoms with E-state index in [9.17, 15) is 28.8 Å². The molecular weight excluding hydrogens is 530 g/mol. The summed E-state index contributed by atoms with van der Waals surface area (Å²) in [7, 11) is 0. The number of aliphatic imine (C=N–C) groups is 1. The SMILES string of the molecule is CSCC[C@H](NC(=O)CN)C(=O)N1CCC[C@H]1C(=O)N[C@@H](CCCN=C(N)N)C(=O)NCC(=O)N[C@@H](C)C=O. The summed E-state index contributed by atoms with van der Waals surface area (Å²) in [5, 5.41) is 10.2. The van der Waals surface area contributed by atoms with E-state index < -0.39 is 60.2 Å². The van der Waals surface area contributed by atoms with E-state index in [4.69, 9.17) is 17.2 Å². The van der Waals surface area contributed by atoms with Crippen molar-refractivity contribution in [3.05, 3.63) is 0 Å². The highest BCUT2D eigenvalue weighted by Gasteiger charge is 2.38. The Morgan fingerprint density at radius 2 is 1.79 bits per heavy atom. The Labute approximate surface area is 232 Å². The Kier molecular flexibility index (Phi) is 15.5. The van der Waals surface area contributed by atoms with Crippen LogP contribution in [-0.4, -0.2) is 109 Å². The van der Waals surface area contributed by atoms with Gasteiger partial charge >= 0.3 is 0 Å². The maximum atomic E-state index is 13.3. The fraction of sp³-hybridized carbons (Fsp3) is 0.696. The Hall–Kier alpha value is -3.40. The summed E-state index contributed by atoms with van der Waals surface area (Å²) < 4.78 is 0. The Bertz CT molecular complexity index is 899. The second kappa shape index (κ2) is 18.0. The van der Waals surface area contributed by atoms with Gasteiger partial charge in [0.15, 0.2) is 5.96 Å². The van der Waals surface area contributed by atoms with Crippen molar-refractivity contribution in [1.82, 2.24) is 26.2 Å². The third kappa shape index (κ3) is 12.3. The highest BCUT2D eigenvalue weighted by atomic mass is 32.2. The Balaban J connectivity index is 2.95. The van der Waals surface area contributed by atoms with Crippen molar-refractivity contribution in [3.8, 4) is 0 Å². The van der Waals surface area contributed by atoms with Crippen LogP contribution < -0.4 is 38.5 Å². The van der Waals surface area contributed by atoms with Gasteiger partial charge in [-0.15, -0.1) is 0 Å². The highest BCUT2D eigenvalue weighted by Crippen LogP contribution is 2.20. The largest absolute Gasteiger partial charge is 0.370 e. The van der Waals surface area contributed by atoms with Gasteiger partial charge < -0.3 is 48.2 Å². The summed E-state index contributed by atoms with van der Waals surface area (Å²) in [4.78, 5) is 79.3. The lowest BCUT2D eigenvalue weighted by Gasteiger charge is -2.29. The fourth-order valence-corrected chi connectivity index (χ4v) is 4.39. The number of guanidine groups is 1. The molecule has 1 rings (SSSR count). The third-order valence-corrected chi connectivity index (χ3v) is 6.51.